The number of benzene rings is 1. The lowest BCUT2D eigenvalue weighted by Gasteiger charge is -2.36. The number of pyridine rings is 1. The maximum absolute atomic E-state index is 12.3. The van der Waals surface area contributed by atoms with Crippen LogP contribution in [0.4, 0.5) is 10.5 Å². The third-order valence-corrected chi connectivity index (χ3v) is 5.27. The molecule has 0 saturated carbocycles. The van der Waals surface area contributed by atoms with E-state index in [0.717, 1.165) is 23.0 Å². The van der Waals surface area contributed by atoms with E-state index in [1.807, 2.05) is 26.0 Å². The van der Waals surface area contributed by atoms with Crippen molar-refractivity contribution in [3.8, 4) is 0 Å². The molecule has 0 N–H and O–H groups in total. The summed E-state index contributed by atoms with van der Waals surface area (Å²) >= 11 is 0. The van der Waals surface area contributed by atoms with Gasteiger partial charge in [-0.3, -0.25) is 0 Å². The van der Waals surface area contributed by atoms with Gasteiger partial charge in [0.05, 0.1) is 30.6 Å². The average Bonchev–Trinajstić information content (AvgIpc) is 2.80. The molecular formula is C24H31N3O4. The van der Waals surface area contributed by atoms with Crippen LogP contribution in [0, 0.1) is 5.92 Å². The number of piperazine rings is 1. The molecule has 3 rings (SSSR count). The summed E-state index contributed by atoms with van der Waals surface area (Å²) in [4.78, 5) is 32.5. The van der Waals surface area contributed by atoms with Crippen LogP contribution in [0.25, 0.3) is 17.0 Å². The van der Waals surface area contributed by atoms with E-state index >= 15 is 0 Å². The van der Waals surface area contributed by atoms with Crippen LogP contribution in [0.15, 0.2) is 30.3 Å². The SMILES string of the molecule is CCc1cc(N2CCN(C(=O)OCC(C)C)CC2)c2nc(C=CC(=O)OC)ccc2c1. The number of methoxy groups -OCH3 is 1. The predicted molar refractivity (Wildman–Crippen MR) is 122 cm³/mol. The largest absolute Gasteiger partial charge is 0.466 e. The number of rotatable bonds is 6. The predicted octanol–water partition coefficient (Wildman–Crippen LogP) is 3.90. The van der Waals surface area contributed by atoms with Crippen molar-refractivity contribution in [2.75, 3.05) is 44.8 Å². The van der Waals surface area contributed by atoms with Gasteiger partial charge in [0, 0.05) is 37.6 Å². The van der Waals surface area contributed by atoms with Crippen LogP contribution < -0.4 is 4.90 Å². The second kappa shape index (κ2) is 10.3. The Morgan fingerprint density at radius 3 is 2.55 bits per heavy atom. The Labute approximate surface area is 183 Å². The third kappa shape index (κ3) is 5.75. The van der Waals surface area contributed by atoms with E-state index in [1.54, 1.807) is 11.0 Å². The number of aromatic nitrogens is 1. The summed E-state index contributed by atoms with van der Waals surface area (Å²) in [5, 5.41) is 1.06. The minimum absolute atomic E-state index is 0.242. The molecule has 1 amide bonds. The third-order valence-electron chi connectivity index (χ3n) is 5.27. The molecule has 1 aliphatic rings. The first-order chi connectivity index (χ1) is 14.9. The summed E-state index contributed by atoms with van der Waals surface area (Å²) in [7, 11) is 1.35. The molecule has 166 valence electrons. The van der Waals surface area contributed by atoms with Gasteiger partial charge in [-0.05, 0) is 42.2 Å². The van der Waals surface area contributed by atoms with E-state index in [-0.39, 0.29) is 6.09 Å². The molecule has 0 unspecified atom stereocenters. The fraction of sp³-hybridized carbons (Fsp3) is 0.458. The Hall–Kier alpha value is -3.09. The van der Waals surface area contributed by atoms with Crippen LogP contribution in [0.5, 0.6) is 0 Å². The number of ether oxygens (including phenoxy) is 2. The summed E-state index contributed by atoms with van der Waals surface area (Å²) in [6, 6.07) is 8.25. The molecule has 0 radical (unpaired) electrons. The zero-order valence-electron chi connectivity index (χ0n) is 18.8. The molecule has 2 heterocycles. The smallest absolute Gasteiger partial charge is 0.409 e. The van der Waals surface area contributed by atoms with Gasteiger partial charge in [0.15, 0.2) is 0 Å². The minimum Gasteiger partial charge on any atom is -0.466 e. The molecule has 1 saturated heterocycles. The van der Waals surface area contributed by atoms with E-state index < -0.39 is 5.97 Å². The molecule has 1 aromatic heterocycles. The summed E-state index contributed by atoms with van der Waals surface area (Å²) in [6.07, 6.45) is 3.71. The number of aryl methyl sites for hydroxylation is 1. The van der Waals surface area contributed by atoms with Crippen LogP contribution in [0.3, 0.4) is 0 Å². The summed E-state index contributed by atoms with van der Waals surface area (Å²) < 4.78 is 10.0. The summed E-state index contributed by atoms with van der Waals surface area (Å²) in [5.41, 5.74) is 3.87. The molecule has 0 aliphatic carbocycles. The standard InChI is InChI=1S/C24H31N3O4/c1-5-18-14-19-6-7-20(8-9-22(28)30-4)25-23(19)21(15-18)26-10-12-27(13-11-26)24(29)31-16-17(2)3/h6-9,14-15,17H,5,10-13,16H2,1-4H3. The topological polar surface area (TPSA) is 72.0 Å². The Kier molecular flexibility index (Phi) is 7.50. The second-order valence-electron chi connectivity index (χ2n) is 8.08. The van der Waals surface area contributed by atoms with Gasteiger partial charge in [-0.1, -0.05) is 26.8 Å². The normalized spacial score (nSPS) is 14.5. The van der Waals surface area contributed by atoms with Crippen molar-refractivity contribution in [3.05, 3.63) is 41.6 Å². The molecule has 1 aliphatic heterocycles. The van der Waals surface area contributed by atoms with Crippen LogP contribution in [0.2, 0.25) is 0 Å². The van der Waals surface area contributed by atoms with Crippen molar-refractivity contribution in [1.29, 1.82) is 0 Å². The maximum atomic E-state index is 12.3. The van der Waals surface area contributed by atoms with Gasteiger partial charge in [0.2, 0.25) is 0 Å². The number of amides is 1. The van der Waals surface area contributed by atoms with Crippen molar-refractivity contribution in [2.24, 2.45) is 5.92 Å². The van der Waals surface area contributed by atoms with Crippen molar-refractivity contribution in [2.45, 2.75) is 27.2 Å². The highest BCUT2D eigenvalue weighted by atomic mass is 16.6. The number of carbonyl (C=O) groups is 2. The molecular weight excluding hydrogens is 394 g/mol. The quantitative estimate of drug-likeness (QED) is 0.516. The lowest BCUT2D eigenvalue weighted by atomic mass is 10.0. The summed E-state index contributed by atoms with van der Waals surface area (Å²) in [5.74, 6) is -0.0918. The fourth-order valence-electron chi connectivity index (χ4n) is 3.51. The van der Waals surface area contributed by atoms with Crippen molar-refractivity contribution in [3.63, 3.8) is 0 Å². The summed E-state index contributed by atoms with van der Waals surface area (Å²) in [6.45, 7) is 9.26. The number of hydrogen-bond acceptors (Lipinski definition) is 6. The number of hydrogen-bond donors (Lipinski definition) is 0. The molecule has 7 nitrogen and oxygen atoms in total. The van der Waals surface area contributed by atoms with Crippen LogP contribution in [-0.4, -0.2) is 61.8 Å². The molecule has 0 atom stereocenters. The fourth-order valence-corrected chi connectivity index (χ4v) is 3.51. The average molecular weight is 426 g/mol. The highest BCUT2D eigenvalue weighted by molar-refractivity contribution is 5.93. The number of fused-ring (bicyclic) bond motifs is 1. The zero-order chi connectivity index (χ0) is 22.4. The van der Waals surface area contributed by atoms with E-state index in [9.17, 15) is 9.59 Å². The van der Waals surface area contributed by atoms with E-state index in [1.165, 1.54) is 18.7 Å². The van der Waals surface area contributed by atoms with Gasteiger partial charge < -0.3 is 19.3 Å². The Morgan fingerprint density at radius 1 is 1.16 bits per heavy atom. The molecule has 31 heavy (non-hydrogen) atoms. The molecule has 0 bridgehead atoms. The maximum Gasteiger partial charge on any atom is 0.409 e. The van der Waals surface area contributed by atoms with Crippen molar-refractivity contribution >= 4 is 34.7 Å². The van der Waals surface area contributed by atoms with Gasteiger partial charge in [-0.2, -0.15) is 0 Å². The van der Waals surface area contributed by atoms with Crippen LogP contribution in [-0.2, 0) is 20.7 Å². The van der Waals surface area contributed by atoms with Gasteiger partial charge >= 0.3 is 12.1 Å². The van der Waals surface area contributed by atoms with Gasteiger partial charge in [0.25, 0.3) is 0 Å². The first-order valence-corrected chi connectivity index (χ1v) is 10.8. The first-order valence-electron chi connectivity index (χ1n) is 10.8. The van der Waals surface area contributed by atoms with Gasteiger partial charge in [0.1, 0.15) is 0 Å². The minimum atomic E-state index is -0.413. The number of nitrogens with zero attached hydrogens (tertiary/aromatic N) is 3. The monoisotopic (exact) mass is 425 g/mol. The Balaban J connectivity index is 1.82. The van der Waals surface area contributed by atoms with E-state index in [2.05, 4.69) is 28.7 Å². The Morgan fingerprint density at radius 2 is 1.90 bits per heavy atom. The lowest BCUT2D eigenvalue weighted by molar-refractivity contribution is -0.134. The van der Waals surface area contributed by atoms with E-state index in [0.29, 0.717) is 44.4 Å². The van der Waals surface area contributed by atoms with Crippen LogP contribution >= 0.6 is 0 Å². The first kappa shape index (κ1) is 22.6. The molecule has 1 aromatic carbocycles. The van der Waals surface area contributed by atoms with E-state index in [4.69, 9.17) is 9.72 Å². The van der Waals surface area contributed by atoms with Gasteiger partial charge in [-0.25, -0.2) is 14.6 Å². The van der Waals surface area contributed by atoms with Gasteiger partial charge in [-0.15, -0.1) is 0 Å². The molecule has 2 aromatic rings. The molecule has 0 spiro atoms. The highest BCUT2D eigenvalue weighted by Gasteiger charge is 2.24. The zero-order valence-corrected chi connectivity index (χ0v) is 18.8. The number of anilines is 1. The molecule has 7 heteroatoms. The molecule has 1 fully saturated rings. The Bertz CT molecular complexity index is 963. The number of esters is 1. The van der Waals surface area contributed by atoms with Crippen molar-refractivity contribution < 1.29 is 19.1 Å². The highest BCUT2D eigenvalue weighted by Crippen LogP contribution is 2.29. The number of carbonyl (C=O) groups excluding carboxylic acids is 2. The van der Waals surface area contributed by atoms with Crippen molar-refractivity contribution in [1.82, 2.24) is 9.88 Å². The second-order valence-corrected chi connectivity index (χ2v) is 8.08. The van der Waals surface area contributed by atoms with Crippen LogP contribution in [0.1, 0.15) is 32.0 Å². The lowest BCUT2D eigenvalue weighted by Crippen LogP contribution is -2.49.